The van der Waals surface area contributed by atoms with E-state index in [4.69, 9.17) is 0 Å². The molecule has 0 aliphatic carbocycles. The van der Waals surface area contributed by atoms with Crippen LogP contribution in [0.3, 0.4) is 0 Å². The van der Waals surface area contributed by atoms with E-state index in [9.17, 15) is 17.6 Å². The number of anilines is 2. The minimum Gasteiger partial charge on any atom is -0.366 e. The van der Waals surface area contributed by atoms with Gasteiger partial charge in [0.1, 0.15) is 23.2 Å². The Kier molecular flexibility index (Phi) is 4.67. The number of aryl methyl sites for hydroxylation is 1. The molecule has 3 rings (SSSR count). The maximum Gasteiger partial charge on any atom is 0.274 e. The van der Waals surface area contributed by atoms with Crippen LogP contribution in [0.4, 0.5) is 15.9 Å². The quantitative estimate of drug-likeness (QED) is 0.858. The molecule has 7 nitrogen and oxygen atoms in total. The maximum atomic E-state index is 13.7. The first-order valence-corrected chi connectivity index (χ1v) is 9.53. The minimum atomic E-state index is -3.02. The third kappa shape index (κ3) is 4.30. The summed E-state index contributed by atoms with van der Waals surface area (Å²) in [7, 11) is -3.02. The number of hydrogen-bond acceptors (Lipinski definition) is 6. The SMILES string of the molecule is Cc1nc(NC2CCS(=O)(=O)C2)cc(C(=O)Nc2ccccc2F)n1. The Labute approximate surface area is 144 Å². The van der Waals surface area contributed by atoms with Crippen molar-refractivity contribution in [3.05, 3.63) is 47.7 Å². The number of halogens is 1. The third-order valence-corrected chi connectivity index (χ3v) is 5.55. The highest BCUT2D eigenvalue weighted by molar-refractivity contribution is 7.91. The van der Waals surface area contributed by atoms with Crippen molar-refractivity contribution >= 4 is 27.2 Å². The standard InChI is InChI=1S/C16H17FN4O3S/c1-10-18-14(16(22)21-13-5-3-2-4-12(13)17)8-15(19-10)20-11-6-7-25(23,24)9-11/h2-5,8,11H,6-7,9H2,1H3,(H,21,22)(H,18,19,20). The number of benzene rings is 1. The molecule has 1 amide bonds. The summed E-state index contributed by atoms with van der Waals surface area (Å²) in [6.45, 7) is 1.62. The van der Waals surface area contributed by atoms with Gasteiger partial charge in [-0.15, -0.1) is 0 Å². The lowest BCUT2D eigenvalue weighted by Gasteiger charge is -2.13. The summed E-state index contributed by atoms with van der Waals surface area (Å²) >= 11 is 0. The highest BCUT2D eigenvalue weighted by atomic mass is 32.2. The number of para-hydroxylation sites is 1. The summed E-state index contributed by atoms with van der Waals surface area (Å²) in [6.07, 6.45) is 0.488. The van der Waals surface area contributed by atoms with Crippen molar-refractivity contribution < 1.29 is 17.6 Å². The molecule has 1 fully saturated rings. The molecule has 2 heterocycles. The summed E-state index contributed by atoms with van der Waals surface area (Å²) in [6, 6.07) is 7.00. The Balaban J connectivity index is 1.77. The third-order valence-electron chi connectivity index (χ3n) is 3.78. The van der Waals surface area contributed by atoms with Crippen molar-refractivity contribution in [2.45, 2.75) is 19.4 Å². The number of carbonyl (C=O) groups excluding carboxylic acids is 1. The number of carbonyl (C=O) groups is 1. The van der Waals surface area contributed by atoms with Crippen LogP contribution in [0.25, 0.3) is 0 Å². The maximum absolute atomic E-state index is 13.7. The highest BCUT2D eigenvalue weighted by Crippen LogP contribution is 2.18. The Morgan fingerprint density at radius 1 is 1.28 bits per heavy atom. The normalized spacial score (nSPS) is 18.7. The summed E-state index contributed by atoms with van der Waals surface area (Å²) in [5.41, 5.74) is 0.124. The zero-order valence-corrected chi connectivity index (χ0v) is 14.3. The van der Waals surface area contributed by atoms with E-state index in [1.807, 2.05) is 0 Å². The van der Waals surface area contributed by atoms with Crippen molar-refractivity contribution in [1.82, 2.24) is 9.97 Å². The van der Waals surface area contributed by atoms with Crippen molar-refractivity contribution in [2.24, 2.45) is 0 Å². The summed E-state index contributed by atoms with van der Waals surface area (Å²) in [4.78, 5) is 20.6. The lowest BCUT2D eigenvalue weighted by Crippen LogP contribution is -2.22. The molecule has 1 saturated heterocycles. The molecule has 1 aromatic heterocycles. The van der Waals surface area contributed by atoms with Gasteiger partial charge in [-0.05, 0) is 25.5 Å². The topological polar surface area (TPSA) is 101 Å². The molecular formula is C16H17FN4O3S. The second-order valence-electron chi connectivity index (χ2n) is 5.86. The predicted molar refractivity (Wildman–Crippen MR) is 91.8 cm³/mol. The lowest BCUT2D eigenvalue weighted by atomic mass is 10.2. The lowest BCUT2D eigenvalue weighted by molar-refractivity contribution is 0.102. The first kappa shape index (κ1) is 17.3. The average Bonchev–Trinajstić information content (AvgIpc) is 2.87. The van der Waals surface area contributed by atoms with Gasteiger partial charge < -0.3 is 10.6 Å². The number of nitrogens with one attached hydrogen (secondary N) is 2. The zero-order valence-electron chi connectivity index (χ0n) is 13.5. The second-order valence-corrected chi connectivity index (χ2v) is 8.09. The average molecular weight is 364 g/mol. The van der Waals surface area contributed by atoms with Crippen molar-refractivity contribution in [2.75, 3.05) is 22.1 Å². The molecule has 0 radical (unpaired) electrons. The van der Waals surface area contributed by atoms with E-state index in [-0.39, 0.29) is 28.9 Å². The molecule has 9 heteroatoms. The fourth-order valence-corrected chi connectivity index (χ4v) is 4.30. The Hall–Kier alpha value is -2.55. The number of nitrogens with zero attached hydrogens (tertiary/aromatic N) is 2. The molecule has 2 aromatic rings. The summed E-state index contributed by atoms with van der Waals surface area (Å²) in [5.74, 6) is -0.228. The van der Waals surface area contributed by atoms with E-state index in [2.05, 4.69) is 20.6 Å². The van der Waals surface area contributed by atoms with Gasteiger partial charge in [-0.25, -0.2) is 22.8 Å². The number of rotatable bonds is 4. The fraction of sp³-hybridized carbons (Fsp3) is 0.312. The molecule has 2 N–H and O–H groups in total. The first-order chi connectivity index (χ1) is 11.8. The van der Waals surface area contributed by atoms with Crippen LogP contribution in [0.1, 0.15) is 22.7 Å². The largest absolute Gasteiger partial charge is 0.366 e. The van der Waals surface area contributed by atoms with E-state index in [1.165, 1.54) is 24.3 Å². The van der Waals surface area contributed by atoms with Gasteiger partial charge in [-0.1, -0.05) is 12.1 Å². The van der Waals surface area contributed by atoms with Gasteiger partial charge in [0.15, 0.2) is 9.84 Å². The van der Waals surface area contributed by atoms with Gasteiger partial charge in [0.25, 0.3) is 5.91 Å². The minimum absolute atomic E-state index is 0.0345. The highest BCUT2D eigenvalue weighted by Gasteiger charge is 2.28. The van der Waals surface area contributed by atoms with Crippen LogP contribution in [0.5, 0.6) is 0 Å². The molecular weight excluding hydrogens is 347 g/mol. The molecule has 1 aliphatic rings. The van der Waals surface area contributed by atoms with E-state index in [1.54, 1.807) is 13.0 Å². The molecule has 132 valence electrons. The number of sulfone groups is 1. The molecule has 0 spiro atoms. The van der Waals surface area contributed by atoms with E-state index < -0.39 is 21.6 Å². The predicted octanol–water partition coefficient (Wildman–Crippen LogP) is 1.78. The molecule has 1 aliphatic heterocycles. The summed E-state index contributed by atoms with van der Waals surface area (Å²) < 4.78 is 36.7. The molecule has 25 heavy (non-hydrogen) atoms. The molecule has 0 saturated carbocycles. The number of aromatic nitrogens is 2. The molecule has 1 atom stereocenters. The molecule has 1 aromatic carbocycles. The van der Waals surface area contributed by atoms with E-state index in [0.717, 1.165) is 0 Å². The molecule has 0 bridgehead atoms. The second kappa shape index (κ2) is 6.75. The molecule has 1 unspecified atom stereocenters. The van der Waals surface area contributed by atoms with Crippen LogP contribution in [0, 0.1) is 12.7 Å². The monoisotopic (exact) mass is 364 g/mol. The van der Waals surface area contributed by atoms with Crippen LogP contribution in [0.15, 0.2) is 30.3 Å². The van der Waals surface area contributed by atoms with Gasteiger partial charge in [-0.3, -0.25) is 4.79 Å². The summed E-state index contributed by atoms with van der Waals surface area (Å²) in [5, 5.41) is 5.48. The van der Waals surface area contributed by atoms with Gasteiger partial charge in [0.2, 0.25) is 0 Å². The Bertz CT molecular complexity index is 917. The van der Waals surface area contributed by atoms with Crippen LogP contribution in [-0.2, 0) is 9.84 Å². The van der Waals surface area contributed by atoms with Crippen molar-refractivity contribution in [1.29, 1.82) is 0 Å². The zero-order chi connectivity index (χ0) is 18.0. The number of hydrogen-bond donors (Lipinski definition) is 2. The van der Waals surface area contributed by atoms with E-state index >= 15 is 0 Å². The van der Waals surface area contributed by atoms with Gasteiger partial charge >= 0.3 is 0 Å². The van der Waals surface area contributed by atoms with Crippen LogP contribution in [-0.4, -0.2) is 41.8 Å². The first-order valence-electron chi connectivity index (χ1n) is 7.71. The van der Waals surface area contributed by atoms with E-state index in [0.29, 0.717) is 18.1 Å². The smallest absolute Gasteiger partial charge is 0.274 e. The van der Waals surface area contributed by atoms with Crippen molar-refractivity contribution in [3.63, 3.8) is 0 Å². The van der Waals surface area contributed by atoms with Crippen LogP contribution < -0.4 is 10.6 Å². The number of amides is 1. The van der Waals surface area contributed by atoms with Gasteiger partial charge in [-0.2, -0.15) is 0 Å². The van der Waals surface area contributed by atoms with Crippen molar-refractivity contribution in [3.8, 4) is 0 Å². The van der Waals surface area contributed by atoms with Gasteiger partial charge in [0.05, 0.1) is 17.2 Å². The van der Waals surface area contributed by atoms with Crippen LogP contribution in [0.2, 0.25) is 0 Å². The Morgan fingerprint density at radius 3 is 2.72 bits per heavy atom. The fourth-order valence-electron chi connectivity index (χ4n) is 2.62. The van der Waals surface area contributed by atoms with Crippen LogP contribution >= 0.6 is 0 Å². The van der Waals surface area contributed by atoms with Gasteiger partial charge in [0, 0.05) is 12.1 Å². The Morgan fingerprint density at radius 2 is 2.04 bits per heavy atom.